The van der Waals surface area contributed by atoms with Crippen LogP contribution < -0.4 is 5.32 Å². The summed E-state index contributed by atoms with van der Waals surface area (Å²) < 4.78 is 0. The first-order valence-corrected chi connectivity index (χ1v) is 7.00. The number of fused-ring (bicyclic) bond motifs is 5. The molecule has 1 heterocycles. The first-order chi connectivity index (χ1) is 8.34. The van der Waals surface area contributed by atoms with Crippen LogP contribution in [0, 0.1) is 23.7 Å². The van der Waals surface area contributed by atoms with Gasteiger partial charge >= 0.3 is 0 Å². The van der Waals surface area contributed by atoms with Gasteiger partial charge in [-0.2, -0.15) is 0 Å². The summed E-state index contributed by atoms with van der Waals surface area (Å²) in [6, 6.07) is 5.48. The van der Waals surface area contributed by atoms with E-state index in [4.69, 9.17) is 0 Å². The van der Waals surface area contributed by atoms with Crippen molar-refractivity contribution in [3.8, 4) is 0 Å². The molecule has 0 aliphatic heterocycles. The standard InChI is InChI=1S/C15H20N2/c1-9(12-3-2-6-16-8-12)17-15-13-10-4-5-11(7-10)14(13)15/h2-3,6,8-11,13-15,17H,4-5,7H2,1H3. The highest BCUT2D eigenvalue weighted by Gasteiger charge is 2.64. The number of rotatable bonds is 3. The molecule has 1 N–H and O–H groups in total. The van der Waals surface area contributed by atoms with Crippen LogP contribution in [-0.2, 0) is 0 Å². The lowest BCUT2D eigenvalue weighted by atomic mass is 10.0. The molecule has 0 amide bonds. The molecule has 3 saturated carbocycles. The molecule has 5 unspecified atom stereocenters. The fourth-order valence-corrected chi connectivity index (χ4v) is 4.57. The summed E-state index contributed by atoms with van der Waals surface area (Å²) in [5.74, 6) is 4.16. The maximum atomic E-state index is 4.21. The quantitative estimate of drug-likeness (QED) is 0.860. The number of aromatic nitrogens is 1. The van der Waals surface area contributed by atoms with E-state index in [1.165, 1.54) is 24.8 Å². The van der Waals surface area contributed by atoms with Gasteiger partial charge in [-0.25, -0.2) is 0 Å². The third-order valence-corrected chi connectivity index (χ3v) is 5.36. The molecule has 0 radical (unpaired) electrons. The Labute approximate surface area is 103 Å². The highest BCUT2D eigenvalue weighted by Crippen LogP contribution is 2.65. The highest BCUT2D eigenvalue weighted by molar-refractivity contribution is 5.20. The molecule has 4 rings (SSSR count). The lowest BCUT2D eigenvalue weighted by molar-refractivity contribution is 0.433. The number of pyridine rings is 1. The summed E-state index contributed by atoms with van der Waals surface area (Å²) in [7, 11) is 0. The van der Waals surface area contributed by atoms with Crippen molar-refractivity contribution in [3.05, 3.63) is 30.1 Å². The van der Waals surface area contributed by atoms with E-state index in [9.17, 15) is 0 Å². The van der Waals surface area contributed by atoms with Crippen LogP contribution in [0.2, 0.25) is 0 Å². The Hall–Kier alpha value is -0.890. The van der Waals surface area contributed by atoms with Crippen LogP contribution in [0.25, 0.3) is 0 Å². The van der Waals surface area contributed by atoms with Crippen LogP contribution in [0.4, 0.5) is 0 Å². The molecule has 17 heavy (non-hydrogen) atoms. The zero-order valence-corrected chi connectivity index (χ0v) is 10.3. The molecule has 90 valence electrons. The maximum absolute atomic E-state index is 4.21. The third kappa shape index (κ3) is 1.46. The minimum absolute atomic E-state index is 0.457. The Kier molecular flexibility index (Phi) is 2.10. The molecular formula is C15H20N2. The van der Waals surface area contributed by atoms with Crippen molar-refractivity contribution in [2.24, 2.45) is 23.7 Å². The number of nitrogens with zero attached hydrogens (tertiary/aromatic N) is 1. The summed E-state index contributed by atoms with van der Waals surface area (Å²) in [6.07, 6.45) is 8.39. The van der Waals surface area contributed by atoms with Gasteiger partial charge in [0.2, 0.25) is 0 Å². The van der Waals surface area contributed by atoms with Crippen LogP contribution >= 0.6 is 0 Å². The van der Waals surface area contributed by atoms with E-state index >= 15 is 0 Å². The summed E-state index contributed by atoms with van der Waals surface area (Å²) in [4.78, 5) is 4.21. The van der Waals surface area contributed by atoms with E-state index in [-0.39, 0.29) is 0 Å². The lowest BCUT2D eigenvalue weighted by Gasteiger charge is -2.17. The predicted octanol–water partition coefficient (Wildman–Crippen LogP) is 2.78. The molecule has 1 aromatic heterocycles. The Balaban J connectivity index is 1.43. The van der Waals surface area contributed by atoms with Crippen LogP contribution in [0.1, 0.15) is 37.8 Å². The van der Waals surface area contributed by atoms with Crippen LogP contribution in [0.3, 0.4) is 0 Å². The molecule has 2 bridgehead atoms. The van der Waals surface area contributed by atoms with E-state index in [1.807, 2.05) is 18.5 Å². The van der Waals surface area contributed by atoms with Gasteiger partial charge in [-0.15, -0.1) is 0 Å². The van der Waals surface area contributed by atoms with Gasteiger partial charge in [-0.1, -0.05) is 6.07 Å². The Morgan fingerprint density at radius 1 is 1.29 bits per heavy atom. The van der Waals surface area contributed by atoms with Crippen molar-refractivity contribution >= 4 is 0 Å². The van der Waals surface area contributed by atoms with Gasteiger partial charge in [0.25, 0.3) is 0 Å². The number of hydrogen-bond acceptors (Lipinski definition) is 2. The van der Waals surface area contributed by atoms with Crippen molar-refractivity contribution in [1.82, 2.24) is 10.3 Å². The van der Waals surface area contributed by atoms with Gasteiger partial charge in [0.05, 0.1) is 0 Å². The smallest absolute Gasteiger partial charge is 0.0315 e. The molecule has 2 heteroatoms. The van der Waals surface area contributed by atoms with Crippen molar-refractivity contribution in [1.29, 1.82) is 0 Å². The topological polar surface area (TPSA) is 24.9 Å². The van der Waals surface area contributed by atoms with E-state index in [0.717, 1.165) is 29.7 Å². The van der Waals surface area contributed by atoms with Crippen LogP contribution in [0.5, 0.6) is 0 Å². The third-order valence-electron chi connectivity index (χ3n) is 5.36. The van der Waals surface area contributed by atoms with E-state index in [2.05, 4.69) is 23.3 Å². The zero-order valence-electron chi connectivity index (χ0n) is 10.3. The summed E-state index contributed by atoms with van der Waals surface area (Å²) >= 11 is 0. The van der Waals surface area contributed by atoms with Gasteiger partial charge < -0.3 is 5.32 Å². The van der Waals surface area contributed by atoms with E-state index < -0.39 is 0 Å². The summed E-state index contributed by atoms with van der Waals surface area (Å²) in [6.45, 7) is 2.27. The minimum Gasteiger partial charge on any atom is -0.307 e. The van der Waals surface area contributed by atoms with Crippen molar-refractivity contribution < 1.29 is 0 Å². The average molecular weight is 228 g/mol. The monoisotopic (exact) mass is 228 g/mol. The van der Waals surface area contributed by atoms with Crippen molar-refractivity contribution in [2.75, 3.05) is 0 Å². The summed E-state index contributed by atoms with van der Waals surface area (Å²) in [5.41, 5.74) is 1.32. The minimum atomic E-state index is 0.457. The second kappa shape index (κ2) is 3.55. The Bertz CT molecular complexity index is 400. The molecule has 3 aliphatic rings. The first kappa shape index (κ1) is 10.1. The maximum Gasteiger partial charge on any atom is 0.0315 e. The first-order valence-electron chi connectivity index (χ1n) is 7.00. The van der Waals surface area contributed by atoms with Gasteiger partial charge in [0, 0.05) is 24.5 Å². The molecule has 3 fully saturated rings. The fraction of sp³-hybridized carbons (Fsp3) is 0.667. The average Bonchev–Trinajstić information content (AvgIpc) is 2.76. The molecule has 5 atom stereocenters. The molecule has 0 spiro atoms. The van der Waals surface area contributed by atoms with Crippen LogP contribution in [-0.4, -0.2) is 11.0 Å². The Morgan fingerprint density at radius 2 is 2.06 bits per heavy atom. The van der Waals surface area contributed by atoms with Gasteiger partial charge in [0.1, 0.15) is 0 Å². The van der Waals surface area contributed by atoms with Gasteiger partial charge in [0.15, 0.2) is 0 Å². The van der Waals surface area contributed by atoms with Crippen LogP contribution in [0.15, 0.2) is 24.5 Å². The van der Waals surface area contributed by atoms with Crippen molar-refractivity contribution in [3.63, 3.8) is 0 Å². The largest absolute Gasteiger partial charge is 0.307 e. The lowest BCUT2D eigenvalue weighted by Crippen LogP contribution is -2.26. The molecule has 0 aromatic carbocycles. The van der Waals surface area contributed by atoms with Gasteiger partial charge in [-0.3, -0.25) is 4.98 Å². The normalized spacial score (nSPS) is 43.5. The molecule has 3 aliphatic carbocycles. The number of hydrogen-bond donors (Lipinski definition) is 1. The van der Waals surface area contributed by atoms with Gasteiger partial charge in [-0.05, 0) is 61.5 Å². The number of nitrogens with one attached hydrogen (secondary N) is 1. The second-order valence-corrected chi connectivity index (χ2v) is 6.19. The Morgan fingerprint density at radius 3 is 2.71 bits per heavy atom. The SMILES string of the molecule is CC(NC1C2C3CCC(C3)C12)c1cccnc1. The van der Waals surface area contributed by atoms with Crippen molar-refractivity contribution in [2.45, 2.75) is 38.3 Å². The molecule has 2 nitrogen and oxygen atoms in total. The summed E-state index contributed by atoms with van der Waals surface area (Å²) in [5, 5.41) is 3.83. The van der Waals surface area contributed by atoms with E-state index in [0.29, 0.717) is 6.04 Å². The molecular weight excluding hydrogens is 208 g/mol. The second-order valence-electron chi connectivity index (χ2n) is 6.19. The van der Waals surface area contributed by atoms with E-state index in [1.54, 1.807) is 0 Å². The zero-order chi connectivity index (χ0) is 11.4. The molecule has 0 saturated heterocycles. The fourth-order valence-electron chi connectivity index (χ4n) is 4.57. The highest BCUT2D eigenvalue weighted by atomic mass is 15.0. The molecule has 1 aromatic rings. The predicted molar refractivity (Wildman–Crippen MR) is 67.4 cm³/mol.